The number of allylic oxidation sites excluding steroid dienone is 1. The molecular formula is C24H25ClN4O3S. The normalized spacial score (nSPS) is 16.3. The highest BCUT2D eigenvalue weighted by molar-refractivity contribution is 7.98. The summed E-state index contributed by atoms with van der Waals surface area (Å²) in [6.07, 6.45) is 2.73. The second-order valence-electron chi connectivity index (χ2n) is 7.59. The average molecular weight is 485 g/mol. The molecule has 1 aliphatic rings. The molecule has 172 valence electrons. The van der Waals surface area contributed by atoms with Gasteiger partial charge in [-0.05, 0) is 61.6 Å². The highest BCUT2D eigenvalue weighted by Crippen LogP contribution is 2.38. The van der Waals surface area contributed by atoms with E-state index in [0.717, 1.165) is 27.3 Å². The summed E-state index contributed by atoms with van der Waals surface area (Å²) in [6, 6.07) is 14.7. The molecule has 0 bridgehead atoms. The van der Waals surface area contributed by atoms with Crippen LogP contribution in [0.15, 0.2) is 63.6 Å². The van der Waals surface area contributed by atoms with Gasteiger partial charge in [-0.3, -0.25) is 4.90 Å². The topological polar surface area (TPSA) is 80.5 Å². The van der Waals surface area contributed by atoms with Crippen molar-refractivity contribution in [3.63, 3.8) is 0 Å². The summed E-state index contributed by atoms with van der Waals surface area (Å²) in [7, 11) is 1.64. The first-order chi connectivity index (χ1) is 16.0. The molecule has 0 fully saturated rings. The molecule has 0 aliphatic carbocycles. The summed E-state index contributed by atoms with van der Waals surface area (Å²) in [5.41, 5.74) is 3.20. The van der Waals surface area contributed by atoms with E-state index in [4.69, 9.17) is 20.9 Å². The van der Waals surface area contributed by atoms with E-state index in [2.05, 4.69) is 15.5 Å². The number of aromatic nitrogens is 2. The Labute approximate surface area is 202 Å². The van der Waals surface area contributed by atoms with Crippen molar-refractivity contribution < 1.29 is 14.1 Å². The second-order valence-corrected chi connectivity index (χ2v) is 8.90. The summed E-state index contributed by atoms with van der Waals surface area (Å²) >= 11 is 7.92. The van der Waals surface area contributed by atoms with E-state index in [-0.39, 0.29) is 6.03 Å². The average Bonchev–Trinajstić information content (AvgIpc) is 3.30. The van der Waals surface area contributed by atoms with Gasteiger partial charge in [-0.1, -0.05) is 28.9 Å². The maximum absolute atomic E-state index is 13.0. The van der Waals surface area contributed by atoms with Crippen LogP contribution in [0.4, 0.5) is 4.79 Å². The van der Waals surface area contributed by atoms with Crippen molar-refractivity contribution in [1.29, 1.82) is 0 Å². The summed E-state index contributed by atoms with van der Waals surface area (Å²) in [4.78, 5) is 20.5. The molecule has 1 aliphatic heterocycles. The molecule has 0 saturated carbocycles. The van der Waals surface area contributed by atoms with Crippen molar-refractivity contribution in [2.45, 2.75) is 24.3 Å². The predicted octanol–water partition coefficient (Wildman–Crippen LogP) is 5.65. The highest BCUT2D eigenvalue weighted by Gasteiger charge is 2.35. The number of carbonyl (C=O) groups excluding carboxylic acids is 1. The molecule has 2 heterocycles. The highest BCUT2D eigenvalue weighted by atomic mass is 35.5. The van der Waals surface area contributed by atoms with Crippen LogP contribution in [-0.2, 0) is 4.74 Å². The third-order valence-electron chi connectivity index (χ3n) is 5.51. The Morgan fingerprint density at radius 1 is 1.24 bits per heavy atom. The van der Waals surface area contributed by atoms with Gasteiger partial charge >= 0.3 is 6.03 Å². The van der Waals surface area contributed by atoms with Gasteiger partial charge in [-0.25, -0.2) is 4.79 Å². The third kappa shape index (κ3) is 5.08. The zero-order valence-corrected chi connectivity index (χ0v) is 20.2. The lowest BCUT2D eigenvalue weighted by atomic mass is 9.94. The fourth-order valence-electron chi connectivity index (χ4n) is 3.82. The van der Waals surface area contributed by atoms with Gasteiger partial charge in [-0.2, -0.15) is 4.98 Å². The van der Waals surface area contributed by atoms with Crippen molar-refractivity contribution in [2.24, 2.45) is 0 Å². The van der Waals surface area contributed by atoms with Crippen molar-refractivity contribution in [1.82, 2.24) is 20.4 Å². The predicted molar refractivity (Wildman–Crippen MR) is 130 cm³/mol. The molecule has 9 heteroatoms. The Hall–Kier alpha value is -2.81. The largest absolute Gasteiger partial charge is 0.385 e. The minimum Gasteiger partial charge on any atom is -0.385 e. The lowest BCUT2D eigenvalue weighted by Crippen LogP contribution is -2.46. The van der Waals surface area contributed by atoms with Crippen molar-refractivity contribution in [3.05, 3.63) is 70.7 Å². The lowest BCUT2D eigenvalue weighted by molar-refractivity contribution is 0.174. The van der Waals surface area contributed by atoms with Gasteiger partial charge in [0.05, 0.1) is 11.6 Å². The van der Waals surface area contributed by atoms with E-state index < -0.39 is 6.04 Å². The van der Waals surface area contributed by atoms with E-state index in [1.165, 1.54) is 0 Å². The summed E-state index contributed by atoms with van der Waals surface area (Å²) < 4.78 is 10.9. The molecule has 1 atom stereocenters. The number of hydrogen-bond acceptors (Lipinski definition) is 6. The SMILES string of the molecule is COCCCN1C(=O)NC(c2cccc(Cl)c2)C(c2nc(-c3ccc(SC)cc3)no2)=C1C. The van der Waals surface area contributed by atoms with Crippen LogP contribution in [-0.4, -0.2) is 47.6 Å². The molecule has 33 heavy (non-hydrogen) atoms. The molecule has 1 N–H and O–H groups in total. The zero-order chi connectivity index (χ0) is 23.4. The quantitative estimate of drug-likeness (QED) is 0.329. The molecule has 4 rings (SSSR count). The number of amides is 2. The van der Waals surface area contributed by atoms with Gasteiger partial charge in [0, 0.05) is 41.4 Å². The maximum atomic E-state index is 13.0. The molecule has 2 amide bonds. The lowest BCUT2D eigenvalue weighted by Gasteiger charge is -2.35. The number of halogens is 1. The molecule has 0 spiro atoms. The van der Waals surface area contributed by atoms with Gasteiger partial charge in [0.2, 0.25) is 5.82 Å². The Morgan fingerprint density at radius 3 is 2.73 bits per heavy atom. The Bertz CT molecular complexity index is 1160. The number of benzene rings is 2. The van der Waals surface area contributed by atoms with E-state index in [9.17, 15) is 4.79 Å². The minimum atomic E-state index is -0.470. The van der Waals surface area contributed by atoms with Crippen LogP contribution in [0, 0.1) is 0 Å². The molecule has 2 aromatic carbocycles. The molecule has 0 saturated heterocycles. The molecule has 1 aromatic heterocycles. The van der Waals surface area contributed by atoms with E-state index in [1.54, 1.807) is 29.8 Å². The smallest absolute Gasteiger partial charge is 0.322 e. The van der Waals surface area contributed by atoms with E-state index in [1.807, 2.05) is 55.6 Å². The number of nitrogens with zero attached hydrogens (tertiary/aromatic N) is 3. The van der Waals surface area contributed by atoms with Crippen LogP contribution in [0.5, 0.6) is 0 Å². The third-order valence-corrected chi connectivity index (χ3v) is 6.49. The number of urea groups is 1. The summed E-state index contributed by atoms with van der Waals surface area (Å²) in [5, 5.41) is 7.88. The monoisotopic (exact) mass is 484 g/mol. The van der Waals surface area contributed by atoms with E-state index >= 15 is 0 Å². The Kier molecular flexibility index (Phi) is 7.37. The van der Waals surface area contributed by atoms with Gasteiger partial charge in [0.1, 0.15) is 0 Å². The van der Waals surface area contributed by atoms with E-state index in [0.29, 0.717) is 36.3 Å². The van der Waals surface area contributed by atoms with Crippen LogP contribution in [0.2, 0.25) is 5.02 Å². The number of thioether (sulfide) groups is 1. The fourth-order valence-corrected chi connectivity index (χ4v) is 4.43. The fraction of sp³-hybridized carbons (Fsp3) is 0.292. The number of methoxy groups -OCH3 is 1. The minimum absolute atomic E-state index is 0.190. The van der Waals surface area contributed by atoms with Crippen LogP contribution in [0.1, 0.15) is 30.8 Å². The van der Waals surface area contributed by atoms with Crippen molar-refractivity contribution in [3.8, 4) is 11.4 Å². The Morgan fingerprint density at radius 2 is 2.03 bits per heavy atom. The molecule has 7 nitrogen and oxygen atoms in total. The summed E-state index contributed by atoms with van der Waals surface area (Å²) in [5.74, 6) is 0.851. The Balaban J connectivity index is 1.75. The first-order valence-electron chi connectivity index (χ1n) is 10.5. The van der Waals surface area contributed by atoms with Crippen molar-refractivity contribution in [2.75, 3.05) is 26.5 Å². The van der Waals surface area contributed by atoms with Crippen LogP contribution in [0.3, 0.4) is 0 Å². The number of carbonyl (C=O) groups is 1. The van der Waals surface area contributed by atoms with Gasteiger partial charge in [0.25, 0.3) is 5.89 Å². The standard InChI is InChI=1S/C24H25ClN4O3S/c1-15-20(23-27-22(28-32-23)16-8-10-19(33-3)11-9-16)21(17-6-4-7-18(25)14-17)26-24(30)29(15)12-5-13-31-2/h4,6-11,14,21H,5,12-13H2,1-3H3,(H,26,30). The first-order valence-corrected chi connectivity index (χ1v) is 12.1. The van der Waals surface area contributed by atoms with Gasteiger partial charge in [0.15, 0.2) is 0 Å². The molecule has 0 radical (unpaired) electrons. The number of hydrogen-bond donors (Lipinski definition) is 1. The van der Waals surface area contributed by atoms with Gasteiger partial charge < -0.3 is 14.6 Å². The second kappa shape index (κ2) is 10.4. The zero-order valence-electron chi connectivity index (χ0n) is 18.7. The van der Waals surface area contributed by atoms with Gasteiger partial charge in [-0.15, -0.1) is 11.8 Å². The maximum Gasteiger partial charge on any atom is 0.322 e. The summed E-state index contributed by atoms with van der Waals surface area (Å²) in [6.45, 7) is 2.96. The number of rotatable bonds is 8. The first kappa shape index (κ1) is 23.4. The number of ether oxygens (including phenoxy) is 1. The van der Waals surface area contributed by atoms with Crippen LogP contribution in [0.25, 0.3) is 17.0 Å². The number of nitrogens with one attached hydrogen (secondary N) is 1. The molecule has 3 aromatic rings. The molecule has 1 unspecified atom stereocenters. The van der Waals surface area contributed by atoms with Crippen LogP contribution >= 0.6 is 23.4 Å². The molecular weight excluding hydrogens is 460 g/mol. The van der Waals surface area contributed by atoms with Crippen LogP contribution < -0.4 is 5.32 Å². The van der Waals surface area contributed by atoms with Crippen molar-refractivity contribution >= 4 is 35.0 Å².